The summed E-state index contributed by atoms with van der Waals surface area (Å²) in [5.41, 5.74) is 9.07. The van der Waals surface area contributed by atoms with Crippen LogP contribution in [0, 0.1) is 0 Å². The minimum Gasteiger partial charge on any atom is -0.445 e. The molecule has 1 saturated heterocycles. The van der Waals surface area contributed by atoms with Gasteiger partial charge in [0.1, 0.15) is 75.6 Å². The number of amides is 6. The Kier molecular flexibility index (Phi) is 25.8. The lowest BCUT2D eigenvalue weighted by molar-refractivity contribution is -0.282. The molecule has 11 N–H and O–H groups in total. The Morgan fingerprint density at radius 3 is 1.22 bits per heavy atom. The number of rotatable bonds is 28. The predicted molar refractivity (Wildman–Crippen MR) is 328 cm³/mol. The highest BCUT2D eigenvalue weighted by Gasteiger charge is 2.54. The summed E-state index contributed by atoms with van der Waals surface area (Å²) in [5, 5.41) is 52.6. The molecule has 0 radical (unpaired) electrons. The van der Waals surface area contributed by atoms with Crippen molar-refractivity contribution in [2.75, 3.05) is 26.2 Å². The van der Waals surface area contributed by atoms with E-state index in [0.717, 1.165) is 11.1 Å². The molecular weight excluding hydrogens is 1210 g/mol. The third-order valence-corrected chi connectivity index (χ3v) is 15.2. The average Bonchev–Trinajstić information content (AvgIpc) is 1.81. The van der Waals surface area contributed by atoms with Gasteiger partial charge in [-0.05, 0) is 34.2 Å². The largest absolute Gasteiger partial charge is 0.445 e. The van der Waals surface area contributed by atoms with E-state index in [1.807, 2.05) is 24.3 Å². The van der Waals surface area contributed by atoms with E-state index in [-0.39, 0.29) is 65.5 Å². The maximum absolute atomic E-state index is 14.0. The first-order valence-corrected chi connectivity index (χ1v) is 30.3. The molecule has 27 nitrogen and oxygen atoms in total. The molecule has 0 aromatic heterocycles. The van der Waals surface area contributed by atoms with Crippen molar-refractivity contribution in [1.82, 2.24) is 31.9 Å². The van der Waals surface area contributed by atoms with Crippen LogP contribution in [0.1, 0.15) is 40.7 Å². The summed E-state index contributed by atoms with van der Waals surface area (Å²) in [6, 6.07) is 40.1. The Morgan fingerprint density at radius 2 is 0.817 bits per heavy atom. The van der Waals surface area contributed by atoms with E-state index in [0.29, 0.717) is 16.7 Å². The van der Waals surface area contributed by atoms with Crippen molar-refractivity contribution in [2.24, 2.45) is 5.73 Å². The zero-order valence-corrected chi connectivity index (χ0v) is 50.5. The molecule has 27 heteroatoms. The van der Waals surface area contributed by atoms with Crippen molar-refractivity contribution in [3.8, 4) is 0 Å². The molecular formula is C66H77N7O20. The van der Waals surface area contributed by atoms with Gasteiger partial charge in [0.15, 0.2) is 18.9 Å². The molecule has 3 heterocycles. The molecule has 15 atom stereocenters. The van der Waals surface area contributed by atoms with Gasteiger partial charge in [-0.2, -0.15) is 0 Å². The quantitative estimate of drug-likeness (QED) is 0.0249. The van der Waals surface area contributed by atoms with Gasteiger partial charge in [0.05, 0.1) is 44.1 Å². The number of nitrogens with one attached hydrogen (secondary N) is 6. The minimum absolute atomic E-state index is 0.0128. The Bertz CT molecular complexity index is 3220. The lowest BCUT2D eigenvalue weighted by Gasteiger charge is -2.47. The second-order valence-corrected chi connectivity index (χ2v) is 22.0. The summed E-state index contributed by atoms with van der Waals surface area (Å²) >= 11 is 0. The Labute approximate surface area is 536 Å². The fourth-order valence-corrected chi connectivity index (χ4v) is 10.5. The maximum Gasteiger partial charge on any atom is 0.408 e. The maximum atomic E-state index is 14.0. The molecule has 0 spiro atoms. The van der Waals surface area contributed by atoms with E-state index in [4.69, 9.17) is 57.8 Å². The number of aliphatic hydroxyl groups excluding tert-OH is 3. The summed E-state index contributed by atoms with van der Waals surface area (Å²) in [6.45, 7) is -1.61. The van der Waals surface area contributed by atoms with E-state index < -0.39 is 135 Å². The second-order valence-electron chi connectivity index (χ2n) is 22.0. The molecule has 5 aromatic rings. The highest BCUT2D eigenvalue weighted by atomic mass is 16.8. The summed E-state index contributed by atoms with van der Waals surface area (Å²) in [5.74, 6) is -0.663. The summed E-state index contributed by atoms with van der Waals surface area (Å²) in [7, 11) is 0. The molecule has 496 valence electrons. The molecule has 0 bridgehead atoms. The van der Waals surface area contributed by atoms with Crippen LogP contribution in [0.2, 0.25) is 0 Å². The normalized spacial score (nSPS) is 26.3. The van der Waals surface area contributed by atoms with Gasteiger partial charge < -0.3 is 105 Å². The van der Waals surface area contributed by atoms with E-state index >= 15 is 0 Å². The van der Waals surface area contributed by atoms with Gasteiger partial charge in [0, 0.05) is 19.0 Å². The first-order valence-electron chi connectivity index (χ1n) is 30.3. The van der Waals surface area contributed by atoms with Crippen molar-refractivity contribution >= 4 is 36.4 Å². The number of aliphatic hydroxyl groups is 3. The van der Waals surface area contributed by atoms with Gasteiger partial charge >= 0.3 is 30.5 Å². The molecule has 2 fully saturated rings. The number of nitrogens with two attached hydrogens (primary N) is 1. The third kappa shape index (κ3) is 21.3. The van der Waals surface area contributed by atoms with E-state index in [1.54, 1.807) is 152 Å². The van der Waals surface area contributed by atoms with E-state index in [1.165, 1.54) is 0 Å². The topological polar surface area (TPSA) is 363 Å². The van der Waals surface area contributed by atoms with Crippen molar-refractivity contribution in [3.05, 3.63) is 204 Å². The fourth-order valence-electron chi connectivity index (χ4n) is 10.5. The highest BCUT2D eigenvalue weighted by Crippen LogP contribution is 2.35. The van der Waals surface area contributed by atoms with Gasteiger partial charge in [0.2, 0.25) is 5.91 Å². The first kappa shape index (κ1) is 68.4. The number of carbonyl (C=O) groups excluding carboxylic acids is 6. The van der Waals surface area contributed by atoms with Gasteiger partial charge in [-0.25, -0.2) is 24.0 Å². The van der Waals surface area contributed by atoms with Crippen molar-refractivity contribution < 1.29 is 96.2 Å². The lowest BCUT2D eigenvalue weighted by atomic mass is 9.83. The molecule has 1 saturated carbocycles. The van der Waals surface area contributed by atoms with Gasteiger partial charge in [-0.1, -0.05) is 176 Å². The van der Waals surface area contributed by atoms with Crippen LogP contribution in [-0.2, 0) is 89.9 Å². The van der Waals surface area contributed by atoms with Crippen LogP contribution in [-0.4, -0.2) is 170 Å². The average molecular weight is 1290 g/mol. The van der Waals surface area contributed by atoms with E-state index in [9.17, 15) is 44.1 Å². The molecule has 3 aliphatic heterocycles. The molecule has 5 aromatic carbocycles. The van der Waals surface area contributed by atoms with Gasteiger partial charge in [0.25, 0.3) is 0 Å². The number of benzene rings is 5. The third-order valence-electron chi connectivity index (χ3n) is 15.2. The molecule has 6 amide bonds. The first-order chi connectivity index (χ1) is 45.2. The van der Waals surface area contributed by atoms with Crippen molar-refractivity contribution in [3.63, 3.8) is 0 Å². The van der Waals surface area contributed by atoms with Gasteiger partial charge in [-0.15, -0.1) is 0 Å². The number of ether oxygens (including phenoxy) is 11. The second kappa shape index (κ2) is 35.2. The summed E-state index contributed by atoms with van der Waals surface area (Å²) in [4.78, 5) is 79.0. The number of hydrogen-bond donors (Lipinski definition) is 10. The highest BCUT2D eigenvalue weighted by molar-refractivity contribution is 5.74. The zero-order chi connectivity index (χ0) is 65.3. The molecule has 1 aliphatic carbocycles. The number of carbonyl (C=O) groups is 6. The number of primary amides is 1. The zero-order valence-electron chi connectivity index (χ0n) is 50.5. The van der Waals surface area contributed by atoms with Crippen molar-refractivity contribution in [1.29, 1.82) is 0 Å². The van der Waals surface area contributed by atoms with Crippen molar-refractivity contribution in [2.45, 2.75) is 138 Å². The fraction of sp³-hybridized carbons (Fsp3) is 0.394. The molecule has 9 rings (SSSR count). The number of hydrogen-bond acceptors (Lipinski definition) is 21. The lowest BCUT2D eigenvalue weighted by Crippen LogP contribution is -2.67. The SMILES string of the molecule is NC(=O)CCN[C@@H]1C[C@H](NC(=O)OCc2ccccc2)[C@@H](O[C@H]2O[C@H](CNC(=O)OCc3ccccc3)C=C[C@H]2NC(=O)OCc2ccccc2)[C@H](O[C@@H]2O[C@H](CO)[C@@H](O[C@H]3O[C@@H](CNC(=O)OCc4ccccc4)C=C[C@H]3NC(=O)OCc3ccccc3)[C@H]2O)[C@H]1O. The minimum atomic E-state index is -1.86. The van der Waals surface area contributed by atoms with Crippen LogP contribution < -0.4 is 37.6 Å². The standard InChI is InChI=1S/C66H77N7O20/c67-53(75)30-31-68-50-32-51(73-66(82)87-40-45-24-14-5-15-25-45)56(91-59-48(71-64(80)85-38-43-20-10-3-11-21-43)28-26-46(88-59)33-69-62(78)83-36-41-16-6-1-7-17-41)58(54(50)76)93-61-55(77)57(52(35-74)90-61)92-60-49(72-65(81)86-39-44-22-12-4-13-23-44)29-27-47(89-60)34-70-63(79)84-37-42-18-8-2-9-19-42/h1-29,46-52,54-61,68,74,76-77H,30-40H2,(H2,67,75)(H,69,78)(H,70,79)(H,71,80)(H,72,81)(H,73,82)/t46-,47+,48+,49+,50+,51-,52+,54-,55+,56+,57+,58+,59+,60+,61-/m0/s1. The monoisotopic (exact) mass is 1290 g/mol. The van der Waals surface area contributed by atoms with Crippen LogP contribution in [0.5, 0.6) is 0 Å². The smallest absolute Gasteiger partial charge is 0.408 e. The summed E-state index contributed by atoms with van der Waals surface area (Å²) < 4.78 is 66.6. The van der Waals surface area contributed by atoms with Crippen LogP contribution in [0.4, 0.5) is 24.0 Å². The van der Waals surface area contributed by atoms with Gasteiger partial charge in [-0.3, -0.25) is 4.79 Å². The summed E-state index contributed by atoms with van der Waals surface area (Å²) in [6.07, 6.45) is -14.8. The Morgan fingerprint density at radius 1 is 0.441 bits per heavy atom. The molecule has 93 heavy (non-hydrogen) atoms. The van der Waals surface area contributed by atoms with Crippen LogP contribution in [0.3, 0.4) is 0 Å². The van der Waals surface area contributed by atoms with Crippen LogP contribution in [0.15, 0.2) is 176 Å². The Hall–Kier alpha value is -9.00. The predicted octanol–water partition coefficient (Wildman–Crippen LogP) is 4.12. The molecule has 0 unspecified atom stereocenters. The molecule has 4 aliphatic rings. The number of alkyl carbamates (subject to hydrolysis) is 5. The van der Waals surface area contributed by atoms with E-state index in [2.05, 4.69) is 31.9 Å². The van der Waals surface area contributed by atoms with Crippen LogP contribution in [0.25, 0.3) is 0 Å². The Balaban J connectivity index is 0.978. The van der Waals surface area contributed by atoms with Crippen LogP contribution >= 0.6 is 0 Å².